The van der Waals surface area contributed by atoms with Gasteiger partial charge in [0.1, 0.15) is 0 Å². The molecule has 0 bridgehead atoms. The second kappa shape index (κ2) is 7.43. The molecule has 1 unspecified atom stereocenters. The summed E-state index contributed by atoms with van der Waals surface area (Å²) in [4.78, 5) is 25.4. The minimum absolute atomic E-state index is 0.0818. The summed E-state index contributed by atoms with van der Waals surface area (Å²) in [5.74, 6) is -0.906. The van der Waals surface area contributed by atoms with Gasteiger partial charge in [0.05, 0.1) is 5.92 Å². The normalized spacial score (nSPS) is 19.7. The van der Waals surface area contributed by atoms with Crippen molar-refractivity contribution in [2.45, 2.75) is 45.4 Å². The van der Waals surface area contributed by atoms with Crippen molar-refractivity contribution < 1.29 is 14.7 Å². The van der Waals surface area contributed by atoms with Crippen LogP contribution in [0.5, 0.6) is 0 Å². The molecule has 1 aliphatic rings. The van der Waals surface area contributed by atoms with Crippen molar-refractivity contribution in [1.82, 2.24) is 4.90 Å². The first kappa shape index (κ1) is 16.5. The number of carbonyl (C=O) groups is 2. The van der Waals surface area contributed by atoms with Crippen molar-refractivity contribution in [3.63, 3.8) is 0 Å². The fourth-order valence-corrected chi connectivity index (χ4v) is 3.08. The van der Waals surface area contributed by atoms with E-state index in [0.717, 1.165) is 12.8 Å². The van der Waals surface area contributed by atoms with E-state index in [2.05, 4.69) is 38.1 Å². The first-order valence-electron chi connectivity index (χ1n) is 8.08. The molecule has 1 fully saturated rings. The van der Waals surface area contributed by atoms with E-state index >= 15 is 0 Å². The van der Waals surface area contributed by atoms with E-state index in [4.69, 9.17) is 5.11 Å². The molecule has 0 spiro atoms. The Morgan fingerprint density at radius 2 is 2.00 bits per heavy atom. The van der Waals surface area contributed by atoms with E-state index in [1.165, 1.54) is 11.1 Å². The van der Waals surface area contributed by atoms with Crippen LogP contribution < -0.4 is 0 Å². The molecule has 1 saturated heterocycles. The lowest BCUT2D eigenvalue weighted by Crippen LogP contribution is -2.42. The average molecular weight is 303 g/mol. The van der Waals surface area contributed by atoms with Gasteiger partial charge in [-0.2, -0.15) is 0 Å². The molecule has 4 heteroatoms. The van der Waals surface area contributed by atoms with Gasteiger partial charge in [-0.05, 0) is 37.7 Å². The van der Waals surface area contributed by atoms with Crippen LogP contribution in [0.3, 0.4) is 0 Å². The quantitative estimate of drug-likeness (QED) is 0.908. The van der Waals surface area contributed by atoms with E-state index in [9.17, 15) is 9.59 Å². The summed E-state index contributed by atoms with van der Waals surface area (Å²) in [5.41, 5.74) is 2.40. The predicted molar refractivity (Wildman–Crippen MR) is 85.8 cm³/mol. The van der Waals surface area contributed by atoms with Gasteiger partial charge < -0.3 is 10.0 Å². The molecular formula is C18H25NO3. The van der Waals surface area contributed by atoms with Crippen LogP contribution in [0.2, 0.25) is 0 Å². The van der Waals surface area contributed by atoms with Gasteiger partial charge in [-0.3, -0.25) is 9.59 Å². The largest absolute Gasteiger partial charge is 0.481 e. The maximum atomic E-state index is 12.5. The number of aliphatic carboxylic acids is 1. The molecule has 0 aliphatic carbocycles. The van der Waals surface area contributed by atoms with Crippen molar-refractivity contribution in [2.75, 3.05) is 13.1 Å². The molecule has 1 aromatic rings. The molecule has 22 heavy (non-hydrogen) atoms. The van der Waals surface area contributed by atoms with E-state index in [0.29, 0.717) is 25.9 Å². The number of rotatable bonds is 5. The van der Waals surface area contributed by atoms with Gasteiger partial charge in [0.2, 0.25) is 5.91 Å². The summed E-state index contributed by atoms with van der Waals surface area (Å²) in [6, 6.07) is 8.33. The molecular weight excluding hydrogens is 278 g/mol. The van der Waals surface area contributed by atoms with E-state index in [1.54, 1.807) is 4.90 Å². The molecule has 1 aromatic carbocycles. The van der Waals surface area contributed by atoms with Crippen LogP contribution in [0.1, 0.15) is 49.7 Å². The summed E-state index contributed by atoms with van der Waals surface area (Å²) >= 11 is 0. The van der Waals surface area contributed by atoms with E-state index in [-0.39, 0.29) is 11.8 Å². The average Bonchev–Trinajstić information content (AvgIpc) is 2.53. The fraction of sp³-hybridized carbons (Fsp3) is 0.556. The maximum Gasteiger partial charge on any atom is 0.308 e. The summed E-state index contributed by atoms with van der Waals surface area (Å²) in [7, 11) is 0. The third kappa shape index (κ3) is 4.09. The molecule has 1 heterocycles. The Balaban J connectivity index is 1.99. The zero-order valence-corrected chi connectivity index (χ0v) is 13.4. The minimum Gasteiger partial charge on any atom is -0.481 e. The molecule has 0 saturated carbocycles. The van der Waals surface area contributed by atoms with Gasteiger partial charge in [0.25, 0.3) is 0 Å². The first-order valence-corrected chi connectivity index (χ1v) is 8.08. The second-order valence-electron chi connectivity index (χ2n) is 6.24. The highest BCUT2D eigenvalue weighted by Gasteiger charge is 2.29. The van der Waals surface area contributed by atoms with Crippen molar-refractivity contribution in [1.29, 1.82) is 0 Å². The SMILES string of the molecule is CCC(CC(=O)N1CCC[C@H](C(=O)O)C1)c1ccc(C)cc1. The van der Waals surface area contributed by atoms with Crippen LogP contribution in [-0.2, 0) is 9.59 Å². The van der Waals surface area contributed by atoms with Gasteiger partial charge >= 0.3 is 5.97 Å². The van der Waals surface area contributed by atoms with Gasteiger partial charge in [-0.1, -0.05) is 36.8 Å². The zero-order valence-electron chi connectivity index (χ0n) is 13.4. The number of nitrogens with zero attached hydrogens (tertiary/aromatic N) is 1. The Labute approximate surface area is 132 Å². The highest BCUT2D eigenvalue weighted by Crippen LogP contribution is 2.26. The molecule has 1 N–H and O–H groups in total. The lowest BCUT2D eigenvalue weighted by Gasteiger charge is -2.31. The highest BCUT2D eigenvalue weighted by atomic mass is 16.4. The van der Waals surface area contributed by atoms with Crippen molar-refractivity contribution in [3.05, 3.63) is 35.4 Å². The Bertz CT molecular complexity index is 524. The number of hydrogen-bond acceptors (Lipinski definition) is 2. The van der Waals surface area contributed by atoms with E-state index in [1.807, 2.05) is 0 Å². The standard InChI is InChI=1S/C18H25NO3/c1-3-14(15-8-6-13(2)7-9-15)11-17(20)19-10-4-5-16(12-19)18(21)22/h6-9,14,16H,3-5,10-12H2,1-2H3,(H,21,22)/t14?,16-/m0/s1. The molecule has 2 rings (SSSR count). The number of amides is 1. The Morgan fingerprint density at radius 3 is 2.59 bits per heavy atom. The van der Waals surface area contributed by atoms with Crippen molar-refractivity contribution in [2.24, 2.45) is 5.92 Å². The second-order valence-corrected chi connectivity index (χ2v) is 6.24. The Hall–Kier alpha value is -1.84. The number of likely N-dealkylation sites (tertiary alicyclic amines) is 1. The van der Waals surface area contributed by atoms with Crippen molar-refractivity contribution in [3.8, 4) is 0 Å². The topological polar surface area (TPSA) is 57.6 Å². The smallest absolute Gasteiger partial charge is 0.308 e. The summed E-state index contributed by atoms with van der Waals surface area (Å²) in [5, 5.41) is 9.13. The maximum absolute atomic E-state index is 12.5. The van der Waals surface area contributed by atoms with Crippen LogP contribution in [0.4, 0.5) is 0 Å². The lowest BCUT2D eigenvalue weighted by molar-refractivity contribution is -0.145. The lowest BCUT2D eigenvalue weighted by atomic mass is 9.91. The Kier molecular flexibility index (Phi) is 5.58. The monoisotopic (exact) mass is 303 g/mol. The van der Waals surface area contributed by atoms with Gasteiger partial charge in [0.15, 0.2) is 0 Å². The summed E-state index contributed by atoms with van der Waals surface area (Å²) in [6.07, 6.45) is 2.83. The molecule has 4 nitrogen and oxygen atoms in total. The van der Waals surface area contributed by atoms with Gasteiger partial charge in [-0.15, -0.1) is 0 Å². The number of piperidine rings is 1. The number of carboxylic acids is 1. The third-order valence-corrected chi connectivity index (χ3v) is 4.59. The van der Waals surface area contributed by atoms with Crippen LogP contribution in [0.15, 0.2) is 24.3 Å². The molecule has 1 amide bonds. The number of hydrogen-bond donors (Lipinski definition) is 1. The third-order valence-electron chi connectivity index (χ3n) is 4.59. The minimum atomic E-state index is -0.789. The van der Waals surface area contributed by atoms with Gasteiger partial charge in [0, 0.05) is 19.5 Å². The molecule has 0 radical (unpaired) electrons. The number of aryl methyl sites for hydroxylation is 1. The first-order chi connectivity index (χ1) is 10.5. The fourth-order valence-electron chi connectivity index (χ4n) is 3.08. The number of carbonyl (C=O) groups excluding carboxylic acids is 1. The van der Waals surface area contributed by atoms with Crippen molar-refractivity contribution >= 4 is 11.9 Å². The number of carboxylic acid groups (broad SMARTS) is 1. The van der Waals surface area contributed by atoms with Gasteiger partial charge in [-0.25, -0.2) is 0 Å². The zero-order chi connectivity index (χ0) is 16.1. The molecule has 0 aromatic heterocycles. The van der Waals surface area contributed by atoms with Crippen LogP contribution in [0, 0.1) is 12.8 Å². The highest BCUT2D eigenvalue weighted by molar-refractivity contribution is 5.78. The summed E-state index contributed by atoms with van der Waals surface area (Å²) in [6.45, 7) is 5.19. The van der Waals surface area contributed by atoms with Crippen LogP contribution in [-0.4, -0.2) is 35.0 Å². The Morgan fingerprint density at radius 1 is 1.32 bits per heavy atom. The predicted octanol–water partition coefficient (Wildman–Crippen LogP) is 3.20. The summed E-state index contributed by atoms with van der Waals surface area (Å²) < 4.78 is 0. The molecule has 120 valence electrons. The van der Waals surface area contributed by atoms with E-state index < -0.39 is 11.9 Å². The van der Waals surface area contributed by atoms with Crippen LogP contribution >= 0.6 is 0 Å². The molecule has 2 atom stereocenters. The number of benzene rings is 1. The van der Waals surface area contributed by atoms with Crippen LogP contribution in [0.25, 0.3) is 0 Å². The molecule has 1 aliphatic heterocycles.